The highest BCUT2D eigenvalue weighted by Gasteiger charge is 2.52. The molecule has 3 atom stereocenters. The van der Waals surface area contributed by atoms with Crippen LogP contribution in [0.3, 0.4) is 0 Å². The SMILES string of the molecule is C[C@@H](OC1CCCCO1)C1(c2ccc(Cl)cc2)CO1. The molecule has 0 spiro atoms. The number of hydrogen-bond donors (Lipinski definition) is 0. The third kappa shape index (κ3) is 2.79. The number of hydrogen-bond acceptors (Lipinski definition) is 3. The van der Waals surface area contributed by atoms with Gasteiger partial charge in [-0.1, -0.05) is 23.7 Å². The second-order valence-corrected chi connectivity index (χ2v) is 5.70. The van der Waals surface area contributed by atoms with Crippen LogP contribution in [-0.4, -0.2) is 25.6 Å². The smallest absolute Gasteiger partial charge is 0.158 e. The van der Waals surface area contributed by atoms with Gasteiger partial charge in [0.1, 0.15) is 5.60 Å². The maximum absolute atomic E-state index is 6.02. The van der Waals surface area contributed by atoms with Gasteiger partial charge in [0.05, 0.1) is 12.7 Å². The molecule has 2 heterocycles. The van der Waals surface area contributed by atoms with Gasteiger partial charge in [0, 0.05) is 11.6 Å². The minimum Gasteiger partial charge on any atom is -0.362 e. The van der Waals surface area contributed by atoms with E-state index in [-0.39, 0.29) is 18.0 Å². The highest BCUT2D eigenvalue weighted by Crippen LogP contribution is 2.44. The van der Waals surface area contributed by atoms with Gasteiger partial charge in [0.2, 0.25) is 0 Å². The van der Waals surface area contributed by atoms with Crippen molar-refractivity contribution in [3.8, 4) is 0 Å². The Balaban J connectivity index is 1.68. The fraction of sp³-hybridized carbons (Fsp3) is 0.600. The molecule has 0 radical (unpaired) electrons. The zero-order valence-corrected chi connectivity index (χ0v) is 11.9. The van der Waals surface area contributed by atoms with Crippen LogP contribution in [0.4, 0.5) is 0 Å². The molecule has 2 aliphatic rings. The van der Waals surface area contributed by atoms with Crippen LogP contribution < -0.4 is 0 Å². The second-order valence-electron chi connectivity index (χ2n) is 5.26. The maximum atomic E-state index is 6.02. The van der Waals surface area contributed by atoms with Gasteiger partial charge in [-0.25, -0.2) is 0 Å². The Morgan fingerprint density at radius 1 is 1.32 bits per heavy atom. The predicted molar refractivity (Wildman–Crippen MR) is 73.2 cm³/mol. The molecule has 0 amide bonds. The molecule has 0 aliphatic carbocycles. The van der Waals surface area contributed by atoms with Crippen molar-refractivity contribution in [2.24, 2.45) is 0 Å². The van der Waals surface area contributed by atoms with Crippen LogP contribution in [0, 0.1) is 0 Å². The van der Waals surface area contributed by atoms with Crippen LogP contribution in [0.2, 0.25) is 5.02 Å². The first-order chi connectivity index (χ1) is 9.21. The number of halogens is 1. The summed E-state index contributed by atoms with van der Waals surface area (Å²) in [5, 5.41) is 0.740. The summed E-state index contributed by atoms with van der Waals surface area (Å²) in [5.41, 5.74) is 0.811. The van der Waals surface area contributed by atoms with Crippen LogP contribution in [0.15, 0.2) is 24.3 Å². The number of epoxide rings is 1. The molecule has 1 aromatic carbocycles. The Labute approximate surface area is 118 Å². The van der Waals surface area contributed by atoms with E-state index in [1.165, 1.54) is 6.42 Å². The molecule has 0 bridgehead atoms. The van der Waals surface area contributed by atoms with Gasteiger partial charge in [-0.05, 0) is 43.9 Å². The largest absolute Gasteiger partial charge is 0.362 e. The highest BCUT2D eigenvalue weighted by molar-refractivity contribution is 6.30. The molecule has 2 unspecified atom stereocenters. The van der Waals surface area contributed by atoms with Gasteiger partial charge in [0.15, 0.2) is 6.29 Å². The zero-order chi connectivity index (χ0) is 13.3. The van der Waals surface area contributed by atoms with E-state index in [1.54, 1.807) is 0 Å². The second kappa shape index (κ2) is 5.41. The Morgan fingerprint density at radius 2 is 2.05 bits per heavy atom. The molecule has 2 saturated heterocycles. The minimum absolute atomic E-state index is 0.0169. The summed E-state index contributed by atoms with van der Waals surface area (Å²) in [6.07, 6.45) is 3.18. The first-order valence-electron chi connectivity index (χ1n) is 6.88. The number of rotatable bonds is 4. The van der Waals surface area contributed by atoms with Crippen molar-refractivity contribution < 1.29 is 14.2 Å². The van der Waals surface area contributed by atoms with Gasteiger partial charge in [-0.3, -0.25) is 0 Å². The molecule has 0 aromatic heterocycles. The van der Waals surface area contributed by atoms with Crippen LogP contribution >= 0.6 is 11.6 Å². The normalized spacial score (nSPS) is 32.0. The van der Waals surface area contributed by atoms with Gasteiger partial charge in [-0.15, -0.1) is 0 Å². The first-order valence-corrected chi connectivity index (χ1v) is 7.25. The molecule has 1 aromatic rings. The van der Waals surface area contributed by atoms with Crippen LogP contribution in [-0.2, 0) is 19.8 Å². The number of benzene rings is 1. The topological polar surface area (TPSA) is 31.0 Å². The summed E-state index contributed by atoms with van der Waals surface area (Å²) in [4.78, 5) is 0. The summed E-state index contributed by atoms with van der Waals surface area (Å²) >= 11 is 5.93. The van der Waals surface area contributed by atoms with Crippen LogP contribution in [0.1, 0.15) is 31.7 Å². The Hall–Kier alpha value is -0.610. The average molecular weight is 283 g/mol. The molecule has 19 heavy (non-hydrogen) atoms. The van der Waals surface area contributed by atoms with Gasteiger partial charge in [0.25, 0.3) is 0 Å². The van der Waals surface area contributed by atoms with E-state index in [2.05, 4.69) is 6.92 Å². The fourth-order valence-electron chi connectivity index (χ4n) is 2.60. The fourth-order valence-corrected chi connectivity index (χ4v) is 2.73. The van der Waals surface area contributed by atoms with Gasteiger partial charge in [-0.2, -0.15) is 0 Å². The lowest BCUT2D eigenvalue weighted by atomic mass is 9.95. The third-order valence-electron chi connectivity index (χ3n) is 3.94. The number of ether oxygens (including phenoxy) is 3. The Kier molecular flexibility index (Phi) is 3.81. The standard InChI is InChI=1S/C15H19ClO3/c1-11(19-14-4-2-3-9-17-14)15(10-18-15)12-5-7-13(16)8-6-12/h5-8,11,14H,2-4,9-10H2,1H3/t11-,14?,15?/m1/s1. The monoisotopic (exact) mass is 282 g/mol. The zero-order valence-electron chi connectivity index (χ0n) is 11.1. The third-order valence-corrected chi connectivity index (χ3v) is 4.19. The van der Waals surface area contributed by atoms with E-state index in [0.29, 0.717) is 6.61 Å². The summed E-state index contributed by atoms with van der Waals surface area (Å²) < 4.78 is 17.4. The Morgan fingerprint density at radius 3 is 2.63 bits per heavy atom. The highest BCUT2D eigenvalue weighted by atomic mass is 35.5. The van der Waals surface area contributed by atoms with E-state index in [1.807, 2.05) is 24.3 Å². The van der Waals surface area contributed by atoms with Gasteiger partial charge >= 0.3 is 0 Å². The summed E-state index contributed by atoms with van der Waals surface area (Å²) in [5.74, 6) is 0. The van der Waals surface area contributed by atoms with E-state index >= 15 is 0 Å². The predicted octanol–water partition coefficient (Wildman–Crippen LogP) is 3.50. The lowest BCUT2D eigenvalue weighted by molar-refractivity contribution is -0.197. The maximum Gasteiger partial charge on any atom is 0.158 e. The van der Waals surface area contributed by atoms with Crippen molar-refractivity contribution in [3.63, 3.8) is 0 Å². The van der Waals surface area contributed by atoms with Crippen LogP contribution in [0.5, 0.6) is 0 Å². The summed E-state index contributed by atoms with van der Waals surface area (Å²) in [6, 6.07) is 7.81. The molecule has 2 fully saturated rings. The molecule has 0 N–H and O–H groups in total. The average Bonchev–Trinajstić information content (AvgIpc) is 3.22. The molecule has 3 rings (SSSR count). The first kappa shape index (κ1) is 13.4. The van der Waals surface area contributed by atoms with Crippen molar-refractivity contribution >= 4 is 11.6 Å². The van der Waals surface area contributed by atoms with Crippen molar-refractivity contribution in [2.75, 3.05) is 13.2 Å². The Bertz CT molecular complexity index is 422. The summed E-state index contributed by atoms with van der Waals surface area (Å²) in [6.45, 7) is 3.55. The minimum atomic E-state index is -0.314. The molecule has 4 heteroatoms. The molecule has 3 nitrogen and oxygen atoms in total. The quantitative estimate of drug-likeness (QED) is 0.792. The van der Waals surface area contributed by atoms with Crippen molar-refractivity contribution in [3.05, 3.63) is 34.9 Å². The van der Waals surface area contributed by atoms with Crippen molar-refractivity contribution in [1.29, 1.82) is 0 Å². The van der Waals surface area contributed by atoms with Gasteiger partial charge < -0.3 is 14.2 Å². The van der Waals surface area contributed by atoms with Crippen molar-refractivity contribution in [2.45, 2.75) is 44.2 Å². The van der Waals surface area contributed by atoms with E-state index in [4.69, 9.17) is 25.8 Å². The molecular formula is C15H19ClO3. The molecular weight excluding hydrogens is 264 g/mol. The van der Waals surface area contributed by atoms with E-state index < -0.39 is 0 Å². The molecule has 104 valence electrons. The lowest BCUT2D eigenvalue weighted by Crippen LogP contribution is -2.34. The van der Waals surface area contributed by atoms with Crippen LogP contribution in [0.25, 0.3) is 0 Å². The van der Waals surface area contributed by atoms with Crippen molar-refractivity contribution in [1.82, 2.24) is 0 Å². The van der Waals surface area contributed by atoms with E-state index in [0.717, 1.165) is 30.0 Å². The summed E-state index contributed by atoms with van der Waals surface area (Å²) in [7, 11) is 0. The molecule has 0 saturated carbocycles. The lowest BCUT2D eigenvalue weighted by Gasteiger charge is -2.29. The molecule has 2 aliphatic heterocycles. The van der Waals surface area contributed by atoms with E-state index in [9.17, 15) is 0 Å².